The van der Waals surface area contributed by atoms with E-state index in [-0.39, 0.29) is 7.43 Å². The highest BCUT2D eigenvalue weighted by atomic mass is 14.3. The van der Waals surface area contributed by atoms with Gasteiger partial charge in [0, 0.05) is 0 Å². The first kappa shape index (κ1) is 28.1. The van der Waals surface area contributed by atoms with Crippen LogP contribution in [0.5, 0.6) is 0 Å². The predicted molar refractivity (Wildman–Crippen MR) is 161 cm³/mol. The Labute approximate surface area is 214 Å². The van der Waals surface area contributed by atoms with Crippen LogP contribution < -0.4 is 0 Å². The summed E-state index contributed by atoms with van der Waals surface area (Å²) in [5.74, 6) is 0.751. The van der Waals surface area contributed by atoms with Gasteiger partial charge < -0.3 is 0 Å². The van der Waals surface area contributed by atoms with Crippen molar-refractivity contribution in [2.45, 2.75) is 73.6 Å². The minimum atomic E-state index is 0. The van der Waals surface area contributed by atoms with Gasteiger partial charge in [0.2, 0.25) is 0 Å². The third-order valence-corrected chi connectivity index (χ3v) is 6.75. The van der Waals surface area contributed by atoms with Gasteiger partial charge in [0.15, 0.2) is 0 Å². The standard InChI is InChI=1S/C26H24.C6H10.C2H6.CH4/c1-17-10-12-24-20(16-17)11-13-21-18(2)22(14-15-26(21)24)25-9-4-3-8-23(25)19-6-5-7-19;1-3-5-6-4-2;1-2;/h3-4,8-16,19H,5-7H2,1-2H3;3,5-6H,1,4H2,2H3;1-2H3;1H4/b;6-5+;;. The molecule has 1 aliphatic carbocycles. The Morgan fingerprint density at radius 1 is 0.829 bits per heavy atom. The smallest absolute Gasteiger partial charge is 0.0102 e. The van der Waals surface area contributed by atoms with E-state index in [1.54, 1.807) is 6.08 Å². The predicted octanol–water partition coefficient (Wildman–Crippen LogP) is 11.3. The summed E-state index contributed by atoms with van der Waals surface area (Å²) in [7, 11) is 0. The maximum atomic E-state index is 3.51. The van der Waals surface area contributed by atoms with Crippen LogP contribution in [-0.4, -0.2) is 0 Å². The highest BCUT2D eigenvalue weighted by Crippen LogP contribution is 2.43. The van der Waals surface area contributed by atoms with Gasteiger partial charge >= 0.3 is 0 Å². The van der Waals surface area contributed by atoms with E-state index >= 15 is 0 Å². The molecule has 35 heavy (non-hydrogen) atoms. The fourth-order valence-electron chi connectivity index (χ4n) is 4.76. The number of allylic oxidation sites excluding steroid dienone is 3. The molecule has 1 aliphatic rings. The summed E-state index contributed by atoms with van der Waals surface area (Å²) in [6, 6.07) is 25.1. The molecule has 0 nitrogen and oxygen atoms in total. The molecule has 0 radical (unpaired) electrons. The zero-order valence-corrected chi connectivity index (χ0v) is 21.7. The second-order valence-corrected chi connectivity index (χ2v) is 8.91. The van der Waals surface area contributed by atoms with Gasteiger partial charge in [-0.1, -0.05) is 132 Å². The molecule has 0 heterocycles. The molecule has 1 fully saturated rings. The maximum absolute atomic E-state index is 3.51. The van der Waals surface area contributed by atoms with Gasteiger partial charge in [-0.2, -0.15) is 0 Å². The van der Waals surface area contributed by atoms with Crippen LogP contribution in [0.1, 0.15) is 76.5 Å². The molecule has 4 aromatic carbocycles. The number of rotatable bonds is 4. The average Bonchev–Trinajstić information content (AvgIpc) is 2.84. The summed E-state index contributed by atoms with van der Waals surface area (Å²) in [5.41, 5.74) is 7.08. The molecule has 184 valence electrons. The Kier molecular flexibility index (Phi) is 11.0. The number of aryl methyl sites for hydroxylation is 2. The lowest BCUT2D eigenvalue weighted by Gasteiger charge is -2.28. The van der Waals surface area contributed by atoms with Crippen LogP contribution in [0.4, 0.5) is 0 Å². The second kappa shape index (κ2) is 13.7. The highest BCUT2D eigenvalue weighted by Gasteiger charge is 2.23. The summed E-state index contributed by atoms with van der Waals surface area (Å²) < 4.78 is 0. The number of hydrogen-bond acceptors (Lipinski definition) is 0. The van der Waals surface area contributed by atoms with Gasteiger partial charge in [-0.3, -0.25) is 0 Å². The maximum Gasteiger partial charge on any atom is -0.0102 e. The van der Waals surface area contributed by atoms with E-state index in [2.05, 4.69) is 100 Å². The van der Waals surface area contributed by atoms with Crippen molar-refractivity contribution in [3.05, 3.63) is 108 Å². The highest BCUT2D eigenvalue weighted by molar-refractivity contribution is 6.10. The zero-order chi connectivity index (χ0) is 24.5. The van der Waals surface area contributed by atoms with Crippen LogP contribution in [0.25, 0.3) is 32.7 Å². The van der Waals surface area contributed by atoms with Crippen LogP contribution in [-0.2, 0) is 0 Å². The van der Waals surface area contributed by atoms with E-state index in [1.165, 1.54) is 68.6 Å². The molecule has 0 aliphatic heterocycles. The molecule has 5 rings (SSSR count). The molecule has 0 aromatic heterocycles. The monoisotopic (exact) mass is 464 g/mol. The molecule has 0 N–H and O–H groups in total. The quantitative estimate of drug-likeness (QED) is 0.208. The van der Waals surface area contributed by atoms with Gasteiger partial charge in [0.25, 0.3) is 0 Å². The van der Waals surface area contributed by atoms with Crippen molar-refractivity contribution in [1.29, 1.82) is 0 Å². The number of hydrogen-bond donors (Lipinski definition) is 0. The Hall–Kier alpha value is -3.12. The first-order valence-corrected chi connectivity index (χ1v) is 12.9. The van der Waals surface area contributed by atoms with E-state index in [1.807, 2.05) is 19.9 Å². The molecule has 0 heteroatoms. The molecule has 0 bridgehead atoms. The van der Waals surface area contributed by atoms with E-state index in [9.17, 15) is 0 Å². The molecule has 0 atom stereocenters. The van der Waals surface area contributed by atoms with E-state index < -0.39 is 0 Å². The van der Waals surface area contributed by atoms with Gasteiger partial charge in [-0.05, 0) is 82.8 Å². The topological polar surface area (TPSA) is 0 Å². The largest absolute Gasteiger partial charge is 0.0991 e. The molecular formula is C35H44. The Balaban J connectivity index is 0.000000424. The molecule has 0 spiro atoms. The molecule has 4 aromatic rings. The average molecular weight is 465 g/mol. The van der Waals surface area contributed by atoms with Crippen molar-refractivity contribution < 1.29 is 0 Å². The van der Waals surface area contributed by atoms with E-state index in [0.717, 1.165) is 12.3 Å². The van der Waals surface area contributed by atoms with Crippen LogP contribution in [0.15, 0.2) is 91.5 Å². The summed E-state index contributed by atoms with van der Waals surface area (Å²) in [6.07, 6.45) is 10.9. The zero-order valence-electron chi connectivity index (χ0n) is 21.7. The Bertz CT molecular complexity index is 1270. The van der Waals surface area contributed by atoms with Crippen molar-refractivity contribution in [2.24, 2.45) is 0 Å². The normalized spacial score (nSPS) is 12.7. The van der Waals surface area contributed by atoms with Crippen molar-refractivity contribution in [3.8, 4) is 11.1 Å². The third kappa shape index (κ3) is 6.31. The molecular weight excluding hydrogens is 420 g/mol. The fourth-order valence-corrected chi connectivity index (χ4v) is 4.76. The lowest BCUT2D eigenvalue weighted by molar-refractivity contribution is 0.420. The van der Waals surface area contributed by atoms with Crippen molar-refractivity contribution in [1.82, 2.24) is 0 Å². The van der Waals surface area contributed by atoms with Gasteiger partial charge in [0.05, 0.1) is 0 Å². The summed E-state index contributed by atoms with van der Waals surface area (Å²) in [5, 5.41) is 5.43. The second-order valence-electron chi connectivity index (χ2n) is 8.91. The van der Waals surface area contributed by atoms with Gasteiger partial charge in [-0.25, -0.2) is 0 Å². The lowest BCUT2D eigenvalue weighted by Crippen LogP contribution is -2.10. The first-order chi connectivity index (χ1) is 16.6. The molecule has 1 saturated carbocycles. The van der Waals surface area contributed by atoms with Crippen molar-refractivity contribution >= 4 is 21.5 Å². The van der Waals surface area contributed by atoms with Crippen LogP contribution in [0.3, 0.4) is 0 Å². The fraction of sp³-hybridized carbons (Fsp3) is 0.314. The van der Waals surface area contributed by atoms with Crippen LogP contribution >= 0.6 is 0 Å². The number of fused-ring (bicyclic) bond motifs is 3. The van der Waals surface area contributed by atoms with Crippen molar-refractivity contribution in [2.75, 3.05) is 0 Å². The minimum Gasteiger partial charge on any atom is -0.0991 e. The summed E-state index contributed by atoms with van der Waals surface area (Å²) in [6.45, 7) is 14.1. The molecule has 0 saturated heterocycles. The summed E-state index contributed by atoms with van der Waals surface area (Å²) >= 11 is 0. The van der Waals surface area contributed by atoms with Gasteiger partial charge in [0.1, 0.15) is 0 Å². The van der Waals surface area contributed by atoms with E-state index in [0.29, 0.717) is 0 Å². The minimum absolute atomic E-state index is 0. The van der Waals surface area contributed by atoms with E-state index in [4.69, 9.17) is 0 Å². The van der Waals surface area contributed by atoms with Crippen LogP contribution in [0, 0.1) is 13.8 Å². The number of benzene rings is 4. The Morgan fingerprint density at radius 2 is 1.51 bits per heavy atom. The first-order valence-electron chi connectivity index (χ1n) is 12.9. The molecule has 0 unspecified atom stereocenters. The lowest BCUT2D eigenvalue weighted by atomic mass is 9.76. The van der Waals surface area contributed by atoms with Crippen LogP contribution in [0.2, 0.25) is 0 Å². The summed E-state index contributed by atoms with van der Waals surface area (Å²) in [4.78, 5) is 0. The molecule has 0 amide bonds. The third-order valence-electron chi connectivity index (χ3n) is 6.75. The SMILES string of the molecule is C.C=C/C=C/CC.CC.Cc1ccc2c(ccc3c(C)c(-c4ccccc4C4CCC4)ccc32)c1. The van der Waals surface area contributed by atoms with Gasteiger partial charge in [-0.15, -0.1) is 0 Å². The Morgan fingerprint density at radius 3 is 2.14 bits per heavy atom. The van der Waals surface area contributed by atoms with Crippen molar-refractivity contribution in [3.63, 3.8) is 0 Å².